The molecular weight excluding hydrogens is 306 g/mol. The molecule has 3 rings (SSSR count). The highest BCUT2D eigenvalue weighted by Crippen LogP contribution is 2.33. The van der Waals surface area contributed by atoms with Crippen LogP contribution in [0.4, 0.5) is 11.8 Å². The molecule has 1 heterocycles. The van der Waals surface area contributed by atoms with Gasteiger partial charge in [0.2, 0.25) is 5.95 Å². The van der Waals surface area contributed by atoms with E-state index in [2.05, 4.69) is 34.4 Å². The molecule has 1 aromatic rings. The van der Waals surface area contributed by atoms with Crippen molar-refractivity contribution in [2.45, 2.75) is 64.1 Å². The van der Waals surface area contributed by atoms with Gasteiger partial charge in [0, 0.05) is 18.3 Å². The average Bonchev–Trinajstić information content (AvgIpc) is 3.36. The topological polar surface area (TPSA) is 113 Å². The number of aliphatic hydroxyl groups excluding tert-OH is 1. The molecule has 0 unspecified atom stereocenters. The summed E-state index contributed by atoms with van der Waals surface area (Å²) < 4.78 is 0. The number of anilines is 2. The molecule has 7 nitrogen and oxygen atoms in total. The quantitative estimate of drug-likeness (QED) is 0.631. The summed E-state index contributed by atoms with van der Waals surface area (Å²) in [6.07, 6.45) is 6.13. The first-order chi connectivity index (χ1) is 11.4. The van der Waals surface area contributed by atoms with Crippen molar-refractivity contribution in [3.05, 3.63) is 11.8 Å². The molecule has 0 radical (unpaired) electrons. The lowest BCUT2D eigenvalue weighted by Gasteiger charge is -2.32. The zero-order chi connectivity index (χ0) is 17.3. The lowest BCUT2D eigenvalue weighted by atomic mass is 9.85. The van der Waals surface area contributed by atoms with Crippen molar-refractivity contribution in [1.29, 1.82) is 0 Å². The van der Waals surface area contributed by atoms with E-state index in [0.29, 0.717) is 36.1 Å². The van der Waals surface area contributed by atoms with E-state index >= 15 is 0 Å². The number of carbonyl (C=O) groups excluding carboxylic acids is 1. The van der Waals surface area contributed by atoms with Crippen LogP contribution in [-0.4, -0.2) is 39.2 Å². The molecule has 132 valence electrons. The lowest BCUT2D eigenvalue weighted by molar-refractivity contribution is 0.0739. The van der Waals surface area contributed by atoms with Crippen LogP contribution < -0.4 is 16.4 Å². The SMILES string of the molecule is C[C@H](Nc1ncc(C(N)=O)c(N[C@@H]2CC[C@@H](C)[C@H](O)C2)n1)C1CC1. The molecule has 24 heavy (non-hydrogen) atoms. The van der Waals surface area contributed by atoms with Gasteiger partial charge >= 0.3 is 0 Å². The van der Waals surface area contributed by atoms with Gasteiger partial charge < -0.3 is 21.5 Å². The smallest absolute Gasteiger partial charge is 0.254 e. The molecule has 0 aliphatic heterocycles. The largest absolute Gasteiger partial charge is 0.393 e. The molecule has 0 bridgehead atoms. The Balaban J connectivity index is 1.74. The van der Waals surface area contributed by atoms with Crippen LogP contribution in [0.1, 0.15) is 56.3 Å². The van der Waals surface area contributed by atoms with Crippen molar-refractivity contribution in [2.24, 2.45) is 17.6 Å². The standard InChI is InChI=1S/C17H27N5O2/c1-9-3-6-12(7-14(9)23)21-16-13(15(18)24)8-19-17(22-16)20-10(2)11-4-5-11/h8-12,14,23H,3-7H2,1-2H3,(H2,18,24)(H2,19,20,21,22)/t9-,10+,12-,14-/m1/s1. The van der Waals surface area contributed by atoms with E-state index in [1.165, 1.54) is 19.0 Å². The van der Waals surface area contributed by atoms with Gasteiger partial charge in [0.1, 0.15) is 5.82 Å². The highest BCUT2D eigenvalue weighted by atomic mass is 16.3. The molecule has 2 aliphatic rings. The van der Waals surface area contributed by atoms with E-state index in [1.54, 1.807) is 0 Å². The number of rotatable bonds is 6. The van der Waals surface area contributed by atoms with Gasteiger partial charge in [0.05, 0.1) is 11.7 Å². The lowest BCUT2D eigenvalue weighted by Crippen LogP contribution is -2.35. The van der Waals surface area contributed by atoms with Crippen LogP contribution >= 0.6 is 0 Å². The fraction of sp³-hybridized carbons (Fsp3) is 0.706. The summed E-state index contributed by atoms with van der Waals surface area (Å²) in [4.78, 5) is 20.3. The zero-order valence-corrected chi connectivity index (χ0v) is 14.3. The number of hydrogen-bond acceptors (Lipinski definition) is 6. The highest BCUT2D eigenvalue weighted by molar-refractivity contribution is 5.97. The Morgan fingerprint density at radius 3 is 2.75 bits per heavy atom. The van der Waals surface area contributed by atoms with Gasteiger partial charge in [0.25, 0.3) is 5.91 Å². The molecule has 2 aliphatic carbocycles. The number of nitrogens with two attached hydrogens (primary N) is 1. The molecule has 1 aromatic heterocycles. The number of aliphatic hydroxyl groups is 1. The third kappa shape index (κ3) is 3.95. The normalized spacial score (nSPS) is 28.2. The number of hydrogen-bond donors (Lipinski definition) is 4. The summed E-state index contributed by atoms with van der Waals surface area (Å²) in [6, 6.07) is 0.396. The maximum Gasteiger partial charge on any atom is 0.254 e. The Bertz CT molecular complexity index is 605. The van der Waals surface area contributed by atoms with E-state index in [1.807, 2.05) is 0 Å². The number of nitrogens with one attached hydrogen (secondary N) is 2. The number of primary amides is 1. The van der Waals surface area contributed by atoms with Crippen LogP contribution in [0.25, 0.3) is 0 Å². The fourth-order valence-corrected chi connectivity index (χ4v) is 3.28. The summed E-state index contributed by atoms with van der Waals surface area (Å²) in [7, 11) is 0. The van der Waals surface area contributed by atoms with Gasteiger partial charge in [-0.1, -0.05) is 6.92 Å². The Kier molecular flexibility index (Phi) is 4.89. The molecular formula is C17H27N5O2. The summed E-state index contributed by atoms with van der Waals surface area (Å²) >= 11 is 0. The number of amides is 1. The molecule has 7 heteroatoms. The molecule has 2 fully saturated rings. The molecule has 0 saturated heterocycles. The first kappa shape index (κ1) is 17.0. The van der Waals surface area contributed by atoms with Gasteiger partial charge in [-0.25, -0.2) is 4.98 Å². The van der Waals surface area contributed by atoms with Crippen LogP contribution in [-0.2, 0) is 0 Å². The minimum atomic E-state index is -0.552. The molecule has 1 amide bonds. The Morgan fingerprint density at radius 1 is 1.38 bits per heavy atom. The second-order valence-corrected chi connectivity index (χ2v) is 7.29. The molecule has 4 atom stereocenters. The third-order valence-corrected chi connectivity index (χ3v) is 5.23. The maximum absolute atomic E-state index is 11.7. The third-order valence-electron chi connectivity index (χ3n) is 5.23. The van der Waals surface area contributed by atoms with Gasteiger partial charge in [-0.2, -0.15) is 4.98 Å². The van der Waals surface area contributed by atoms with Gasteiger partial charge in [-0.15, -0.1) is 0 Å². The van der Waals surface area contributed by atoms with Crippen LogP contribution in [0.2, 0.25) is 0 Å². The zero-order valence-electron chi connectivity index (χ0n) is 14.3. The predicted molar refractivity (Wildman–Crippen MR) is 92.8 cm³/mol. The monoisotopic (exact) mass is 333 g/mol. The van der Waals surface area contributed by atoms with Crippen LogP contribution in [0, 0.1) is 11.8 Å². The Hall–Kier alpha value is -1.89. The summed E-state index contributed by atoms with van der Waals surface area (Å²) in [5, 5.41) is 16.7. The van der Waals surface area contributed by atoms with Gasteiger partial charge in [-0.05, 0) is 50.9 Å². The maximum atomic E-state index is 11.7. The number of aromatic nitrogens is 2. The van der Waals surface area contributed by atoms with Crippen LogP contribution in [0.3, 0.4) is 0 Å². The highest BCUT2D eigenvalue weighted by Gasteiger charge is 2.29. The summed E-state index contributed by atoms with van der Waals surface area (Å²) in [6.45, 7) is 4.18. The van der Waals surface area contributed by atoms with Crippen molar-refractivity contribution >= 4 is 17.7 Å². The summed E-state index contributed by atoms with van der Waals surface area (Å²) in [5.41, 5.74) is 5.73. The van der Waals surface area contributed by atoms with Crippen molar-refractivity contribution in [2.75, 3.05) is 10.6 Å². The molecule has 2 saturated carbocycles. The minimum absolute atomic E-state index is 0.0814. The van der Waals surface area contributed by atoms with Crippen LogP contribution in [0.5, 0.6) is 0 Å². The van der Waals surface area contributed by atoms with E-state index in [4.69, 9.17) is 5.73 Å². The minimum Gasteiger partial charge on any atom is -0.393 e. The van der Waals surface area contributed by atoms with Gasteiger partial charge in [0.15, 0.2) is 0 Å². The van der Waals surface area contributed by atoms with Gasteiger partial charge in [-0.3, -0.25) is 4.79 Å². The fourth-order valence-electron chi connectivity index (χ4n) is 3.28. The molecule has 0 aromatic carbocycles. The first-order valence-electron chi connectivity index (χ1n) is 8.82. The second-order valence-electron chi connectivity index (χ2n) is 7.29. The van der Waals surface area contributed by atoms with Crippen LogP contribution in [0.15, 0.2) is 6.20 Å². The Morgan fingerprint density at radius 2 is 2.12 bits per heavy atom. The van der Waals surface area contributed by atoms with Crippen molar-refractivity contribution < 1.29 is 9.90 Å². The first-order valence-corrected chi connectivity index (χ1v) is 8.82. The summed E-state index contributed by atoms with van der Waals surface area (Å²) in [5.74, 6) is 1.39. The molecule has 5 N–H and O–H groups in total. The van der Waals surface area contributed by atoms with Crippen molar-refractivity contribution in [1.82, 2.24) is 9.97 Å². The van der Waals surface area contributed by atoms with E-state index in [0.717, 1.165) is 12.8 Å². The Labute approximate surface area is 142 Å². The van der Waals surface area contributed by atoms with E-state index in [9.17, 15) is 9.90 Å². The number of nitrogens with zero attached hydrogens (tertiary/aromatic N) is 2. The molecule has 0 spiro atoms. The predicted octanol–water partition coefficient (Wildman–Crippen LogP) is 1.75. The van der Waals surface area contributed by atoms with E-state index in [-0.39, 0.29) is 17.7 Å². The average molecular weight is 333 g/mol. The second kappa shape index (κ2) is 6.93. The van der Waals surface area contributed by atoms with Crippen molar-refractivity contribution in [3.8, 4) is 0 Å². The van der Waals surface area contributed by atoms with E-state index < -0.39 is 5.91 Å². The van der Waals surface area contributed by atoms with Crippen molar-refractivity contribution in [3.63, 3.8) is 0 Å². The number of carbonyl (C=O) groups is 1.